The Morgan fingerprint density at radius 1 is 1.43 bits per heavy atom. The van der Waals surface area contributed by atoms with Crippen LogP contribution in [0.15, 0.2) is 12.1 Å². The average Bonchev–Trinajstić information content (AvgIpc) is 2.31. The van der Waals surface area contributed by atoms with Crippen LogP contribution in [-0.4, -0.2) is 38.2 Å². The Balaban J connectivity index is 0.00000400. The summed E-state index contributed by atoms with van der Waals surface area (Å²) in [5, 5.41) is 0.346. The van der Waals surface area contributed by atoms with Gasteiger partial charge in [-0.3, -0.25) is 4.79 Å². The number of carbonyl (C=O) groups is 1. The van der Waals surface area contributed by atoms with Gasteiger partial charge in [-0.1, -0.05) is 23.2 Å². The minimum atomic E-state index is -3.41. The minimum Gasteiger partial charge on any atom is -0.460 e. The molecule has 1 heterocycles. The normalized spacial score (nSPS) is 12.4. The highest BCUT2D eigenvalue weighted by Gasteiger charge is 2.17. The average molecular weight is 379 g/mol. The number of nitrogens with one attached hydrogen (secondary N) is 1. The molecule has 0 aliphatic carbocycles. The number of halogens is 3. The molecular weight excluding hydrogens is 365 g/mol. The third-order valence-electron chi connectivity index (χ3n) is 2.07. The summed E-state index contributed by atoms with van der Waals surface area (Å²) in [5.74, 6) is -0.745. The first kappa shape index (κ1) is 20.4. The van der Waals surface area contributed by atoms with Crippen LogP contribution in [0, 0.1) is 0 Å². The van der Waals surface area contributed by atoms with Gasteiger partial charge in [0, 0.05) is 6.54 Å². The monoisotopic (exact) mass is 377 g/mol. The highest BCUT2D eigenvalue weighted by atomic mass is 35.5. The van der Waals surface area contributed by atoms with Crippen molar-refractivity contribution in [2.24, 2.45) is 5.73 Å². The zero-order chi connectivity index (χ0) is 15.3. The standard InChI is InChI=1S/C10H13Cl2N3O4S.ClH/c1-20(17,18)14-4-7(13)10(16)19-5-6-2-8(11)15-9(12)3-6;/h2-3,7,14H,4-5,13H2,1H3;1H/t7-;/m0./s1. The molecule has 0 fully saturated rings. The zero-order valence-electron chi connectivity index (χ0n) is 10.9. The molecule has 21 heavy (non-hydrogen) atoms. The molecule has 0 bridgehead atoms. The molecule has 0 saturated carbocycles. The van der Waals surface area contributed by atoms with Crippen LogP contribution in [-0.2, 0) is 26.2 Å². The molecule has 1 atom stereocenters. The fourth-order valence-electron chi connectivity index (χ4n) is 1.18. The Morgan fingerprint density at radius 3 is 2.43 bits per heavy atom. The van der Waals surface area contributed by atoms with Gasteiger partial charge in [-0.2, -0.15) is 0 Å². The smallest absolute Gasteiger partial charge is 0.324 e. The number of sulfonamides is 1. The van der Waals surface area contributed by atoms with Gasteiger partial charge in [0.2, 0.25) is 10.0 Å². The summed E-state index contributed by atoms with van der Waals surface area (Å²) in [6, 6.07) is 1.87. The molecule has 0 aliphatic heterocycles. The van der Waals surface area contributed by atoms with Crippen LogP contribution in [0.4, 0.5) is 0 Å². The molecule has 0 aromatic carbocycles. The van der Waals surface area contributed by atoms with Crippen LogP contribution < -0.4 is 10.5 Å². The molecule has 1 aromatic rings. The van der Waals surface area contributed by atoms with E-state index in [0.29, 0.717) is 5.56 Å². The fraction of sp³-hybridized carbons (Fsp3) is 0.400. The van der Waals surface area contributed by atoms with Crippen molar-refractivity contribution in [3.8, 4) is 0 Å². The number of ether oxygens (including phenoxy) is 1. The number of nitrogens with zero attached hydrogens (tertiary/aromatic N) is 1. The van der Waals surface area contributed by atoms with Crippen LogP contribution >= 0.6 is 35.6 Å². The lowest BCUT2D eigenvalue weighted by Gasteiger charge is -2.11. The van der Waals surface area contributed by atoms with Gasteiger partial charge in [0.25, 0.3) is 0 Å². The van der Waals surface area contributed by atoms with E-state index >= 15 is 0 Å². The Kier molecular flexibility index (Phi) is 8.45. The van der Waals surface area contributed by atoms with Crippen molar-refractivity contribution < 1.29 is 17.9 Å². The van der Waals surface area contributed by atoms with Crippen LogP contribution in [0.5, 0.6) is 0 Å². The maximum absolute atomic E-state index is 11.5. The van der Waals surface area contributed by atoms with Crippen molar-refractivity contribution in [3.05, 3.63) is 28.0 Å². The van der Waals surface area contributed by atoms with E-state index in [4.69, 9.17) is 33.7 Å². The van der Waals surface area contributed by atoms with Crippen LogP contribution in [0.2, 0.25) is 10.3 Å². The molecule has 0 aliphatic rings. The minimum absolute atomic E-state index is 0. The first-order valence-corrected chi connectivity index (χ1v) is 8.01. The highest BCUT2D eigenvalue weighted by Crippen LogP contribution is 2.15. The Morgan fingerprint density at radius 2 is 1.95 bits per heavy atom. The van der Waals surface area contributed by atoms with E-state index in [9.17, 15) is 13.2 Å². The molecular formula is C10H14Cl3N3O4S. The summed E-state index contributed by atoms with van der Waals surface area (Å²) in [6.07, 6.45) is 0.964. The molecule has 1 aromatic heterocycles. The van der Waals surface area contributed by atoms with Crippen molar-refractivity contribution in [2.45, 2.75) is 12.6 Å². The van der Waals surface area contributed by atoms with E-state index in [1.807, 2.05) is 0 Å². The maximum atomic E-state index is 11.5. The second-order valence-electron chi connectivity index (χ2n) is 3.96. The molecule has 3 N–H and O–H groups in total. The number of esters is 1. The second-order valence-corrected chi connectivity index (χ2v) is 6.56. The van der Waals surface area contributed by atoms with E-state index in [1.165, 1.54) is 12.1 Å². The lowest BCUT2D eigenvalue weighted by molar-refractivity contribution is -0.146. The number of hydrogen-bond acceptors (Lipinski definition) is 6. The third-order valence-corrected chi connectivity index (χ3v) is 3.15. The molecule has 7 nitrogen and oxygen atoms in total. The summed E-state index contributed by atoms with van der Waals surface area (Å²) in [6.45, 7) is -0.330. The zero-order valence-corrected chi connectivity index (χ0v) is 14.0. The van der Waals surface area contributed by atoms with Crippen molar-refractivity contribution in [1.29, 1.82) is 0 Å². The highest BCUT2D eigenvalue weighted by molar-refractivity contribution is 7.88. The first-order chi connectivity index (χ1) is 9.17. The summed E-state index contributed by atoms with van der Waals surface area (Å²) in [4.78, 5) is 15.3. The van der Waals surface area contributed by atoms with E-state index in [2.05, 4.69) is 9.71 Å². The van der Waals surface area contributed by atoms with Gasteiger partial charge in [-0.15, -0.1) is 12.4 Å². The summed E-state index contributed by atoms with van der Waals surface area (Å²) in [7, 11) is -3.41. The number of rotatable bonds is 6. The molecule has 11 heteroatoms. The summed E-state index contributed by atoms with van der Waals surface area (Å²) < 4.78 is 28.7. The molecule has 0 amide bonds. The number of pyridine rings is 1. The maximum Gasteiger partial charge on any atom is 0.324 e. The van der Waals surface area contributed by atoms with Gasteiger partial charge in [0.05, 0.1) is 6.26 Å². The van der Waals surface area contributed by atoms with Gasteiger partial charge in [0.1, 0.15) is 23.0 Å². The second kappa shape index (κ2) is 8.72. The fourth-order valence-corrected chi connectivity index (χ4v) is 2.17. The van der Waals surface area contributed by atoms with Crippen LogP contribution in [0.3, 0.4) is 0 Å². The third kappa shape index (κ3) is 8.40. The molecule has 0 unspecified atom stereocenters. The first-order valence-electron chi connectivity index (χ1n) is 5.36. The van der Waals surface area contributed by atoms with Crippen LogP contribution in [0.25, 0.3) is 0 Å². The predicted molar refractivity (Wildman–Crippen MR) is 82.1 cm³/mol. The molecule has 0 spiro atoms. The van der Waals surface area contributed by atoms with E-state index in [1.54, 1.807) is 0 Å². The Labute approximate surface area is 138 Å². The van der Waals surface area contributed by atoms with E-state index in [0.717, 1.165) is 6.26 Å². The van der Waals surface area contributed by atoms with Crippen LogP contribution in [0.1, 0.15) is 5.56 Å². The van der Waals surface area contributed by atoms with E-state index in [-0.39, 0.29) is 35.9 Å². The Bertz CT molecular complexity index is 577. The quantitative estimate of drug-likeness (QED) is 0.557. The van der Waals surface area contributed by atoms with Crippen molar-refractivity contribution in [3.63, 3.8) is 0 Å². The number of hydrogen-bond donors (Lipinski definition) is 2. The van der Waals surface area contributed by atoms with Crippen molar-refractivity contribution in [2.75, 3.05) is 12.8 Å². The topological polar surface area (TPSA) is 111 Å². The number of nitrogens with two attached hydrogens (primary N) is 1. The van der Waals surface area contributed by atoms with Crippen molar-refractivity contribution >= 4 is 51.6 Å². The Hall–Kier alpha value is -0.640. The van der Waals surface area contributed by atoms with Gasteiger partial charge < -0.3 is 10.5 Å². The molecule has 0 radical (unpaired) electrons. The van der Waals surface area contributed by atoms with Crippen molar-refractivity contribution in [1.82, 2.24) is 9.71 Å². The largest absolute Gasteiger partial charge is 0.460 e. The van der Waals surface area contributed by atoms with Gasteiger partial charge in [-0.25, -0.2) is 18.1 Å². The van der Waals surface area contributed by atoms with Gasteiger partial charge in [-0.05, 0) is 17.7 Å². The predicted octanol–water partition coefficient (Wildman–Crippen LogP) is 0.730. The molecule has 0 saturated heterocycles. The van der Waals surface area contributed by atoms with E-state index < -0.39 is 22.0 Å². The van der Waals surface area contributed by atoms with Gasteiger partial charge >= 0.3 is 5.97 Å². The van der Waals surface area contributed by atoms with Gasteiger partial charge in [0.15, 0.2) is 0 Å². The summed E-state index contributed by atoms with van der Waals surface area (Å²) >= 11 is 11.4. The molecule has 1 rings (SSSR count). The lowest BCUT2D eigenvalue weighted by Crippen LogP contribution is -2.43. The number of aromatic nitrogens is 1. The number of carbonyl (C=O) groups excluding carboxylic acids is 1. The lowest BCUT2D eigenvalue weighted by atomic mass is 10.3. The summed E-state index contributed by atoms with van der Waals surface area (Å²) in [5.41, 5.74) is 6.03. The SMILES string of the molecule is CS(=O)(=O)NC[C@H](N)C(=O)OCc1cc(Cl)nc(Cl)c1.Cl. The molecule has 120 valence electrons.